The van der Waals surface area contributed by atoms with Crippen molar-refractivity contribution in [3.8, 4) is 0 Å². The lowest BCUT2D eigenvalue weighted by molar-refractivity contribution is 0.283. The van der Waals surface area contributed by atoms with Crippen LogP contribution in [0.5, 0.6) is 0 Å². The molecule has 0 aliphatic heterocycles. The molecule has 1 saturated carbocycles. The number of rotatable bonds is 7. The summed E-state index contributed by atoms with van der Waals surface area (Å²) < 4.78 is 0. The van der Waals surface area contributed by atoms with Crippen LogP contribution in [0, 0.1) is 0 Å². The summed E-state index contributed by atoms with van der Waals surface area (Å²) in [7, 11) is 0. The van der Waals surface area contributed by atoms with Crippen molar-refractivity contribution in [2.75, 3.05) is 13.2 Å². The first-order valence-corrected chi connectivity index (χ1v) is 6.31. The summed E-state index contributed by atoms with van der Waals surface area (Å²) in [5.74, 6) is 0.735. The fourth-order valence-corrected chi connectivity index (χ4v) is 2.19. The van der Waals surface area contributed by atoms with Gasteiger partial charge in [0.1, 0.15) is 0 Å². The second-order valence-electron chi connectivity index (χ2n) is 4.60. The minimum atomic E-state index is 0.329. The van der Waals surface area contributed by atoms with Gasteiger partial charge in [0.05, 0.1) is 0 Å². The quantitative estimate of drug-likeness (QED) is 0.690. The number of hydrogen-bond donors (Lipinski definition) is 2. The molecule has 0 bridgehead atoms. The molecule has 0 amide bonds. The molecule has 0 radical (unpaired) electrons. The highest BCUT2D eigenvalue weighted by Crippen LogP contribution is 2.40. The van der Waals surface area contributed by atoms with Crippen molar-refractivity contribution in [2.45, 2.75) is 37.6 Å². The van der Waals surface area contributed by atoms with Crippen molar-refractivity contribution < 1.29 is 5.11 Å². The number of benzene rings is 1. The van der Waals surface area contributed by atoms with Gasteiger partial charge in [-0.3, -0.25) is 0 Å². The predicted molar refractivity (Wildman–Crippen MR) is 66.5 cm³/mol. The fourth-order valence-electron chi connectivity index (χ4n) is 2.19. The lowest BCUT2D eigenvalue weighted by atomic mass is 10.1. The zero-order valence-electron chi connectivity index (χ0n) is 9.73. The molecule has 0 heterocycles. The Morgan fingerprint density at radius 2 is 1.94 bits per heavy atom. The van der Waals surface area contributed by atoms with Crippen LogP contribution >= 0.6 is 0 Å². The van der Waals surface area contributed by atoms with Crippen LogP contribution in [-0.4, -0.2) is 24.3 Å². The topological polar surface area (TPSA) is 32.3 Å². The molecule has 0 spiro atoms. The fraction of sp³-hybridized carbons (Fsp3) is 0.571. The Morgan fingerprint density at radius 3 is 2.69 bits per heavy atom. The van der Waals surface area contributed by atoms with Crippen molar-refractivity contribution in [2.24, 2.45) is 0 Å². The summed E-state index contributed by atoms with van der Waals surface area (Å²) in [6.45, 7) is 1.42. The molecular weight excluding hydrogens is 198 g/mol. The molecule has 2 N–H and O–H groups in total. The number of unbranched alkanes of at least 4 members (excludes halogenated alkanes) is 2. The third-order valence-corrected chi connectivity index (χ3v) is 3.26. The van der Waals surface area contributed by atoms with Gasteiger partial charge in [0.15, 0.2) is 0 Å². The summed E-state index contributed by atoms with van der Waals surface area (Å²) in [5, 5.41) is 12.2. The molecule has 2 heteroatoms. The minimum Gasteiger partial charge on any atom is -0.396 e. The van der Waals surface area contributed by atoms with Crippen molar-refractivity contribution in [3.63, 3.8) is 0 Å². The molecule has 1 aliphatic carbocycles. The highest BCUT2D eigenvalue weighted by atomic mass is 16.2. The van der Waals surface area contributed by atoms with Gasteiger partial charge in [0.25, 0.3) is 0 Å². The standard InChI is InChI=1S/C14H21NO/c16-10-6-2-5-9-15-14-11-13(14)12-7-3-1-4-8-12/h1,3-4,7-8,13-16H,2,5-6,9-11H2. The molecule has 1 aromatic carbocycles. The van der Waals surface area contributed by atoms with Crippen molar-refractivity contribution in [1.29, 1.82) is 0 Å². The molecule has 2 unspecified atom stereocenters. The van der Waals surface area contributed by atoms with E-state index in [-0.39, 0.29) is 0 Å². The van der Waals surface area contributed by atoms with Crippen LogP contribution in [0.4, 0.5) is 0 Å². The van der Waals surface area contributed by atoms with Gasteiger partial charge in [-0.25, -0.2) is 0 Å². The largest absolute Gasteiger partial charge is 0.396 e. The number of aliphatic hydroxyl groups excluding tert-OH is 1. The monoisotopic (exact) mass is 219 g/mol. The van der Waals surface area contributed by atoms with E-state index in [0.29, 0.717) is 12.6 Å². The highest BCUT2D eigenvalue weighted by Gasteiger charge is 2.37. The van der Waals surface area contributed by atoms with Crippen molar-refractivity contribution >= 4 is 0 Å². The highest BCUT2D eigenvalue weighted by molar-refractivity contribution is 5.27. The van der Waals surface area contributed by atoms with E-state index in [9.17, 15) is 0 Å². The lowest BCUT2D eigenvalue weighted by Gasteiger charge is -2.03. The van der Waals surface area contributed by atoms with Gasteiger partial charge in [-0.2, -0.15) is 0 Å². The predicted octanol–water partition coefficient (Wildman–Crippen LogP) is 2.29. The Morgan fingerprint density at radius 1 is 1.12 bits per heavy atom. The summed E-state index contributed by atoms with van der Waals surface area (Å²) >= 11 is 0. The van der Waals surface area contributed by atoms with Crippen LogP contribution in [0.1, 0.15) is 37.2 Å². The first-order valence-electron chi connectivity index (χ1n) is 6.31. The van der Waals surface area contributed by atoms with E-state index in [4.69, 9.17) is 5.11 Å². The summed E-state index contributed by atoms with van der Waals surface area (Å²) in [5.41, 5.74) is 1.47. The third-order valence-electron chi connectivity index (χ3n) is 3.26. The normalized spacial score (nSPS) is 23.3. The maximum Gasteiger partial charge on any atom is 0.0431 e. The average Bonchev–Trinajstić information content (AvgIpc) is 3.10. The molecule has 1 fully saturated rings. The Labute approximate surface area is 97.7 Å². The smallest absolute Gasteiger partial charge is 0.0431 e. The van der Waals surface area contributed by atoms with Crippen LogP contribution in [0.3, 0.4) is 0 Å². The Hall–Kier alpha value is -0.860. The molecule has 0 aromatic heterocycles. The maximum absolute atomic E-state index is 8.66. The van der Waals surface area contributed by atoms with E-state index in [0.717, 1.165) is 25.3 Å². The van der Waals surface area contributed by atoms with Gasteiger partial charge in [0, 0.05) is 18.6 Å². The average molecular weight is 219 g/mol. The second kappa shape index (κ2) is 6.02. The Kier molecular flexibility index (Phi) is 4.37. The van der Waals surface area contributed by atoms with Gasteiger partial charge in [-0.1, -0.05) is 30.3 Å². The summed E-state index contributed by atoms with van der Waals surface area (Å²) in [6.07, 6.45) is 4.53. The van der Waals surface area contributed by atoms with Gasteiger partial charge in [-0.15, -0.1) is 0 Å². The zero-order chi connectivity index (χ0) is 11.2. The van der Waals surface area contributed by atoms with Gasteiger partial charge in [-0.05, 0) is 37.8 Å². The number of hydrogen-bond acceptors (Lipinski definition) is 2. The van der Waals surface area contributed by atoms with E-state index in [1.54, 1.807) is 0 Å². The molecule has 0 saturated heterocycles. The molecule has 2 nitrogen and oxygen atoms in total. The molecule has 16 heavy (non-hydrogen) atoms. The van der Waals surface area contributed by atoms with Crippen LogP contribution in [0.15, 0.2) is 30.3 Å². The Balaban J connectivity index is 1.61. The van der Waals surface area contributed by atoms with Crippen molar-refractivity contribution in [1.82, 2.24) is 5.32 Å². The van der Waals surface area contributed by atoms with E-state index >= 15 is 0 Å². The van der Waals surface area contributed by atoms with Gasteiger partial charge < -0.3 is 10.4 Å². The minimum absolute atomic E-state index is 0.329. The van der Waals surface area contributed by atoms with E-state index in [2.05, 4.69) is 35.6 Å². The number of aliphatic hydroxyl groups is 1. The number of nitrogens with one attached hydrogen (secondary N) is 1. The summed E-state index contributed by atoms with van der Waals surface area (Å²) in [4.78, 5) is 0. The van der Waals surface area contributed by atoms with Crippen LogP contribution < -0.4 is 5.32 Å². The van der Waals surface area contributed by atoms with Crippen LogP contribution in [0.2, 0.25) is 0 Å². The van der Waals surface area contributed by atoms with Crippen LogP contribution in [-0.2, 0) is 0 Å². The molecular formula is C14H21NO. The molecule has 88 valence electrons. The molecule has 2 atom stereocenters. The first kappa shape index (κ1) is 11.6. The summed E-state index contributed by atoms with van der Waals surface area (Å²) in [6, 6.07) is 11.4. The molecule has 2 rings (SSSR count). The van der Waals surface area contributed by atoms with Crippen molar-refractivity contribution in [3.05, 3.63) is 35.9 Å². The maximum atomic E-state index is 8.66. The zero-order valence-corrected chi connectivity index (χ0v) is 9.73. The molecule has 1 aromatic rings. The van der Waals surface area contributed by atoms with E-state index in [1.807, 2.05) is 0 Å². The van der Waals surface area contributed by atoms with Crippen LogP contribution in [0.25, 0.3) is 0 Å². The molecule has 1 aliphatic rings. The Bertz CT molecular complexity index is 299. The SMILES string of the molecule is OCCCCCNC1CC1c1ccccc1. The lowest BCUT2D eigenvalue weighted by Crippen LogP contribution is -2.19. The second-order valence-corrected chi connectivity index (χ2v) is 4.60. The van der Waals surface area contributed by atoms with E-state index in [1.165, 1.54) is 18.4 Å². The third kappa shape index (κ3) is 3.32. The van der Waals surface area contributed by atoms with E-state index < -0.39 is 0 Å². The first-order chi connectivity index (χ1) is 7.92. The van der Waals surface area contributed by atoms with Gasteiger partial charge >= 0.3 is 0 Å². The van der Waals surface area contributed by atoms with Gasteiger partial charge in [0.2, 0.25) is 0 Å².